The molecule has 0 aliphatic carbocycles. The van der Waals surface area contributed by atoms with Crippen LogP contribution in [0.15, 0.2) is 21.9 Å². The number of rotatable bonds is 5. The van der Waals surface area contributed by atoms with Crippen molar-refractivity contribution >= 4 is 12.0 Å². The SMILES string of the molecule is COC[C@H]1O[C@@H](n2cc(/C=C/C(=O)O)c(=O)[nH]c2=O)C[C@@H]1O. The predicted molar refractivity (Wildman–Crippen MR) is 74.4 cm³/mol. The number of hydrogen-bond donors (Lipinski definition) is 3. The van der Waals surface area contributed by atoms with E-state index < -0.39 is 35.7 Å². The standard InChI is InChI=1S/C13H16N2O7/c1-21-6-9-8(16)4-10(22-9)15-5-7(2-3-11(17)18)12(19)14-13(15)20/h2-3,5,8-10,16H,4,6H2,1H3,(H,17,18)(H,14,19,20)/b3-2+/t8-,9+,10+/m0/s1. The molecule has 1 aromatic heterocycles. The van der Waals surface area contributed by atoms with Gasteiger partial charge in [-0.3, -0.25) is 14.3 Å². The van der Waals surface area contributed by atoms with E-state index in [1.165, 1.54) is 13.3 Å². The van der Waals surface area contributed by atoms with Crippen LogP contribution in [0.3, 0.4) is 0 Å². The van der Waals surface area contributed by atoms with Gasteiger partial charge in [-0.15, -0.1) is 0 Å². The largest absolute Gasteiger partial charge is 0.478 e. The molecule has 1 aliphatic heterocycles. The lowest BCUT2D eigenvalue weighted by atomic mass is 10.2. The Labute approximate surface area is 124 Å². The average molecular weight is 312 g/mol. The van der Waals surface area contributed by atoms with Crippen LogP contribution in [0.1, 0.15) is 18.2 Å². The third-order valence-corrected chi connectivity index (χ3v) is 3.25. The van der Waals surface area contributed by atoms with Gasteiger partial charge in [0.25, 0.3) is 5.56 Å². The van der Waals surface area contributed by atoms with Crippen LogP contribution in [-0.2, 0) is 14.3 Å². The monoisotopic (exact) mass is 312 g/mol. The van der Waals surface area contributed by atoms with Crippen molar-refractivity contribution in [2.45, 2.75) is 24.9 Å². The number of aromatic nitrogens is 2. The van der Waals surface area contributed by atoms with Crippen LogP contribution in [0.25, 0.3) is 6.08 Å². The minimum atomic E-state index is -1.22. The zero-order valence-electron chi connectivity index (χ0n) is 11.8. The Bertz CT molecular complexity index is 690. The minimum Gasteiger partial charge on any atom is -0.478 e. The molecule has 2 rings (SSSR count). The summed E-state index contributed by atoms with van der Waals surface area (Å²) >= 11 is 0. The third kappa shape index (κ3) is 3.50. The number of aliphatic carboxylic acids is 1. The van der Waals surface area contributed by atoms with Crippen molar-refractivity contribution in [2.75, 3.05) is 13.7 Å². The molecule has 3 atom stereocenters. The number of aromatic amines is 1. The van der Waals surface area contributed by atoms with E-state index in [1.54, 1.807) is 0 Å². The maximum absolute atomic E-state index is 11.9. The Hall–Kier alpha value is -2.23. The molecule has 9 heteroatoms. The number of nitrogens with one attached hydrogen (secondary N) is 1. The van der Waals surface area contributed by atoms with Crippen molar-refractivity contribution in [3.63, 3.8) is 0 Å². The van der Waals surface area contributed by atoms with Crippen molar-refractivity contribution < 1.29 is 24.5 Å². The quantitative estimate of drug-likeness (QED) is 0.590. The van der Waals surface area contributed by atoms with Crippen molar-refractivity contribution in [1.29, 1.82) is 0 Å². The summed E-state index contributed by atoms with van der Waals surface area (Å²) in [4.78, 5) is 36.1. The Morgan fingerprint density at radius 3 is 2.95 bits per heavy atom. The highest BCUT2D eigenvalue weighted by Gasteiger charge is 2.35. The van der Waals surface area contributed by atoms with Gasteiger partial charge in [0.05, 0.1) is 18.3 Å². The molecular formula is C13H16N2O7. The number of H-pyrrole nitrogens is 1. The molecule has 1 aliphatic rings. The van der Waals surface area contributed by atoms with Gasteiger partial charge in [0.1, 0.15) is 12.3 Å². The maximum Gasteiger partial charge on any atom is 0.330 e. The molecule has 0 spiro atoms. The molecule has 3 N–H and O–H groups in total. The van der Waals surface area contributed by atoms with Crippen molar-refractivity contribution in [1.82, 2.24) is 9.55 Å². The summed E-state index contributed by atoms with van der Waals surface area (Å²) < 4.78 is 11.6. The Morgan fingerprint density at radius 2 is 2.32 bits per heavy atom. The van der Waals surface area contributed by atoms with Crippen LogP contribution in [0.4, 0.5) is 0 Å². The van der Waals surface area contributed by atoms with Crippen LogP contribution in [0.5, 0.6) is 0 Å². The van der Waals surface area contributed by atoms with Crippen LogP contribution < -0.4 is 11.2 Å². The lowest BCUT2D eigenvalue weighted by Crippen LogP contribution is -2.33. The molecule has 2 heterocycles. The van der Waals surface area contributed by atoms with Crippen LogP contribution >= 0.6 is 0 Å². The number of hydrogen-bond acceptors (Lipinski definition) is 6. The highest BCUT2D eigenvalue weighted by atomic mass is 16.6. The topological polar surface area (TPSA) is 131 Å². The van der Waals surface area contributed by atoms with Gasteiger partial charge in [0.15, 0.2) is 0 Å². The van der Waals surface area contributed by atoms with E-state index in [1.807, 2.05) is 0 Å². The lowest BCUT2D eigenvalue weighted by Gasteiger charge is -2.15. The minimum absolute atomic E-state index is 0.00437. The van der Waals surface area contributed by atoms with Gasteiger partial charge in [-0.2, -0.15) is 0 Å². The number of carboxylic acid groups (broad SMARTS) is 1. The second kappa shape index (κ2) is 6.69. The van der Waals surface area contributed by atoms with E-state index in [-0.39, 0.29) is 18.6 Å². The fourth-order valence-corrected chi connectivity index (χ4v) is 2.19. The fourth-order valence-electron chi connectivity index (χ4n) is 2.19. The summed E-state index contributed by atoms with van der Waals surface area (Å²) in [5.74, 6) is -1.22. The van der Waals surface area contributed by atoms with Crippen LogP contribution in [0.2, 0.25) is 0 Å². The van der Waals surface area contributed by atoms with Gasteiger partial charge in [0.2, 0.25) is 0 Å². The number of carboxylic acids is 1. The number of nitrogens with zero attached hydrogens (tertiary/aromatic N) is 1. The Kier molecular flexibility index (Phi) is 4.91. The summed E-state index contributed by atoms with van der Waals surface area (Å²) in [6.45, 7) is 0.168. The molecule has 0 aromatic carbocycles. The summed E-state index contributed by atoms with van der Waals surface area (Å²) in [7, 11) is 1.46. The molecule has 9 nitrogen and oxygen atoms in total. The zero-order chi connectivity index (χ0) is 16.3. The summed E-state index contributed by atoms with van der Waals surface area (Å²) in [5.41, 5.74) is -1.41. The van der Waals surface area contributed by atoms with E-state index in [0.29, 0.717) is 0 Å². The predicted octanol–water partition coefficient (Wildman–Crippen LogP) is -1.07. The van der Waals surface area contributed by atoms with Crippen molar-refractivity contribution in [3.8, 4) is 0 Å². The molecule has 0 unspecified atom stereocenters. The van der Waals surface area contributed by atoms with Gasteiger partial charge >= 0.3 is 11.7 Å². The number of carbonyl (C=O) groups is 1. The third-order valence-electron chi connectivity index (χ3n) is 3.25. The first-order valence-corrected chi connectivity index (χ1v) is 6.51. The molecule has 120 valence electrons. The van der Waals surface area contributed by atoms with E-state index in [2.05, 4.69) is 4.98 Å². The molecule has 22 heavy (non-hydrogen) atoms. The van der Waals surface area contributed by atoms with E-state index >= 15 is 0 Å². The van der Waals surface area contributed by atoms with E-state index in [9.17, 15) is 19.5 Å². The normalized spacial score (nSPS) is 24.9. The molecular weight excluding hydrogens is 296 g/mol. The van der Waals surface area contributed by atoms with Gasteiger partial charge in [-0.1, -0.05) is 0 Å². The first-order chi connectivity index (χ1) is 10.4. The lowest BCUT2D eigenvalue weighted by molar-refractivity contribution is -0.131. The van der Waals surface area contributed by atoms with E-state index in [0.717, 1.165) is 16.7 Å². The molecule has 0 radical (unpaired) electrons. The second-order valence-electron chi connectivity index (χ2n) is 4.81. The zero-order valence-corrected chi connectivity index (χ0v) is 11.8. The maximum atomic E-state index is 11.9. The summed E-state index contributed by atoms with van der Waals surface area (Å²) in [5, 5.41) is 18.4. The smallest absolute Gasteiger partial charge is 0.330 e. The van der Waals surface area contributed by atoms with E-state index in [4.69, 9.17) is 14.6 Å². The highest BCUT2D eigenvalue weighted by Crippen LogP contribution is 2.27. The Balaban J connectivity index is 2.32. The molecule has 1 aromatic rings. The van der Waals surface area contributed by atoms with Gasteiger partial charge in [0, 0.05) is 25.8 Å². The molecule has 1 saturated heterocycles. The van der Waals surface area contributed by atoms with Crippen LogP contribution in [-0.4, -0.2) is 51.7 Å². The molecule has 1 fully saturated rings. The van der Waals surface area contributed by atoms with Gasteiger partial charge in [-0.25, -0.2) is 9.59 Å². The number of aliphatic hydroxyl groups excluding tert-OH is 1. The highest BCUT2D eigenvalue weighted by molar-refractivity contribution is 5.85. The first-order valence-electron chi connectivity index (χ1n) is 6.51. The fraction of sp³-hybridized carbons (Fsp3) is 0.462. The molecule has 0 bridgehead atoms. The van der Waals surface area contributed by atoms with Gasteiger partial charge < -0.3 is 19.7 Å². The average Bonchev–Trinajstić information content (AvgIpc) is 2.79. The van der Waals surface area contributed by atoms with Crippen molar-refractivity contribution in [3.05, 3.63) is 38.7 Å². The van der Waals surface area contributed by atoms with Gasteiger partial charge in [-0.05, 0) is 6.08 Å². The second-order valence-corrected chi connectivity index (χ2v) is 4.81. The number of ether oxygens (including phenoxy) is 2. The van der Waals surface area contributed by atoms with Crippen molar-refractivity contribution in [2.24, 2.45) is 0 Å². The molecule has 0 saturated carbocycles. The molecule has 0 amide bonds. The van der Waals surface area contributed by atoms with Crippen LogP contribution in [0, 0.1) is 0 Å². The Morgan fingerprint density at radius 1 is 1.59 bits per heavy atom. The first kappa shape index (κ1) is 16.1. The summed E-state index contributed by atoms with van der Waals surface area (Å²) in [6.07, 6.45) is 1.08. The number of methoxy groups -OCH3 is 1. The summed E-state index contributed by atoms with van der Waals surface area (Å²) in [6, 6.07) is 0. The number of aliphatic hydroxyl groups is 1.